The minimum Gasteiger partial charge on any atom is -0.388 e. The van der Waals surface area contributed by atoms with Crippen LogP contribution in [0.5, 0.6) is 0 Å². The van der Waals surface area contributed by atoms with Gasteiger partial charge in [0.15, 0.2) is 5.65 Å². The molecule has 0 spiro atoms. The molecule has 1 N–H and O–H groups in total. The van der Waals surface area contributed by atoms with E-state index >= 15 is 0 Å². The van der Waals surface area contributed by atoms with E-state index in [1.807, 2.05) is 14.0 Å². The van der Waals surface area contributed by atoms with Gasteiger partial charge in [0.05, 0.1) is 6.54 Å². The molecule has 0 bridgehead atoms. The summed E-state index contributed by atoms with van der Waals surface area (Å²) < 4.78 is 2.24. The summed E-state index contributed by atoms with van der Waals surface area (Å²) in [6, 6.07) is 10.6. The molecule has 4 nitrogen and oxygen atoms in total. The summed E-state index contributed by atoms with van der Waals surface area (Å²) in [6.45, 7) is 7.09. The number of pyridine rings is 1. The van der Waals surface area contributed by atoms with Gasteiger partial charge >= 0.3 is 0 Å². The first kappa shape index (κ1) is 14.6. The van der Waals surface area contributed by atoms with Crippen molar-refractivity contribution in [3.8, 4) is 0 Å². The molecule has 22 heavy (non-hydrogen) atoms. The van der Waals surface area contributed by atoms with E-state index in [4.69, 9.17) is 9.97 Å². The fourth-order valence-corrected chi connectivity index (χ4v) is 2.84. The molecule has 0 aliphatic carbocycles. The van der Waals surface area contributed by atoms with Crippen LogP contribution in [0.3, 0.4) is 0 Å². The van der Waals surface area contributed by atoms with Crippen molar-refractivity contribution < 1.29 is 0 Å². The summed E-state index contributed by atoms with van der Waals surface area (Å²) >= 11 is 0. The van der Waals surface area contributed by atoms with Gasteiger partial charge in [0.2, 0.25) is 0 Å². The third-order valence-corrected chi connectivity index (χ3v) is 4.00. The molecule has 0 amide bonds. The zero-order valence-corrected chi connectivity index (χ0v) is 13.6. The number of hydrogen-bond donors (Lipinski definition) is 1. The fourth-order valence-electron chi connectivity index (χ4n) is 2.84. The largest absolute Gasteiger partial charge is 0.388 e. The highest BCUT2D eigenvalue weighted by Gasteiger charge is 2.13. The van der Waals surface area contributed by atoms with E-state index < -0.39 is 0 Å². The van der Waals surface area contributed by atoms with E-state index in [0.29, 0.717) is 0 Å². The Bertz CT molecular complexity index is 800. The first-order valence-corrected chi connectivity index (χ1v) is 7.72. The van der Waals surface area contributed by atoms with Gasteiger partial charge < -0.3 is 9.88 Å². The Morgan fingerprint density at radius 2 is 1.82 bits per heavy atom. The lowest BCUT2D eigenvalue weighted by molar-refractivity contribution is 0.745. The number of nitrogens with one attached hydrogen (secondary N) is 1. The van der Waals surface area contributed by atoms with Crippen LogP contribution in [0.4, 0.5) is 5.69 Å². The SMILES string of the molecule is CCc1nc2c(C)cc(C)nc2n1Cc1ccc(NC)cc1. The molecule has 3 aromatic rings. The standard InChI is InChI=1S/C18H22N4/c1-5-16-21-17-12(2)10-13(3)20-18(17)22(16)11-14-6-8-15(19-4)9-7-14/h6-10,19H,5,11H2,1-4H3. The molecule has 0 aliphatic rings. The summed E-state index contributed by atoms with van der Waals surface area (Å²) in [5.41, 5.74) is 6.64. The van der Waals surface area contributed by atoms with Gasteiger partial charge in [-0.05, 0) is 43.2 Å². The molecule has 114 valence electrons. The van der Waals surface area contributed by atoms with Gasteiger partial charge in [-0.2, -0.15) is 0 Å². The molecular weight excluding hydrogens is 272 g/mol. The van der Waals surface area contributed by atoms with Crippen LogP contribution in [-0.4, -0.2) is 21.6 Å². The Hall–Kier alpha value is -2.36. The van der Waals surface area contributed by atoms with Crippen molar-refractivity contribution >= 4 is 16.9 Å². The van der Waals surface area contributed by atoms with Crippen LogP contribution in [0.15, 0.2) is 30.3 Å². The molecule has 2 aromatic heterocycles. The Balaban J connectivity index is 2.08. The Labute approximate surface area is 131 Å². The van der Waals surface area contributed by atoms with Crippen molar-refractivity contribution in [2.45, 2.75) is 33.7 Å². The zero-order chi connectivity index (χ0) is 15.7. The molecule has 0 saturated heterocycles. The van der Waals surface area contributed by atoms with Gasteiger partial charge in [-0.3, -0.25) is 0 Å². The number of rotatable bonds is 4. The molecule has 1 aromatic carbocycles. The quantitative estimate of drug-likeness (QED) is 0.798. The van der Waals surface area contributed by atoms with Crippen LogP contribution in [0.25, 0.3) is 11.2 Å². The maximum atomic E-state index is 4.79. The highest BCUT2D eigenvalue weighted by atomic mass is 15.1. The minimum atomic E-state index is 0.805. The second-order valence-corrected chi connectivity index (χ2v) is 5.67. The van der Waals surface area contributed by atoms with Crippen molar-refractivity contribution in [2.75, 3.05) is 12.4 Å². The van der Waals surface area contributed by atoms with Gasteiger partial charge in [-0.15, -0.1) is 0 Å². The number of nitrogens with zero attached hydrogens (tertiary/aromatic N) is 3. The molecule has 3 rings (SSSR count). The zero-order valence-electron chi connectivity index (χ0n) is 13.6. The topological polar surface area (TPSA) is 42.7 Å². The summed E-state index contributed by atoms with van der Waals surface area (Å²) in [4.78, 5) is 9.51. The van der Waals surface area contributed by atoms with Crippen LogP contribution >= 0.6 is 0 Å². The lowest BCUT2D eigenvalue weighted by Crippen LogP contribution is -2.05. The van der Waals surface area contributed by atoms with Crippen LogP contribution in [0.2, 0.25) is 0 Å². The second-order valence-electron chi connectivity index (χ2n) is 5.67. The van der Waals surface area contributed by atoms with Crippen molar-refractivity contribution in [2.24, 2.45) is 0 Å². The highest BCUT2D eigenvalue weighted by Crippen LogP contribution is 2.21. The van der Waals surface area contributed by atoms with Crippen LogP contribution in [-0.2, 0) is 13.0 Å². The van der Waals surface area contributed by atoms with Crippen molar-refractivity contribution in [1.29, 1.82) is 0 Å². The molecule has 0 aliphatic heterocycles. The third-order valence-electron chi connectivity index (χ3n) is 4.00. The normalized spacial score (nSPS) is 11.1. The van der Waals surface area contributed by atoms with Crippen molar-refractivity contribution in [3.05, 3.63) is 53.0 Å². The summed E-state index contributed by atoms with van der Waals surface area (Å²) in [6.07, 6.45) is 0.906. The first-order chi connectivity index (χ1) is 10.6. The number of imidazole rings is 1. The number of fused-ring (bicyclic) bond motifs is 1. The van der Waals surface area contributed by atoms with E-state index in [1.54, 1.807) is 0 Å². The number of aromatic nitrogens is 3. The average molecular weight is 294 g/mol. The Morgan fingerprint density at radius 3 is 2.45 bits per heavy atom. The lowest BCUT2D eigenvalue weighted by atomic mass is 10.2. The number of anilines is 1. The van der Waals surface area contributed by atoms with Gasteiger partial charge in [0.25, 0.3) is 0 Å². The van der Waals surface area contributed by atoms with Crippen LogP contribution < -0.4 is 5.32 Å². The van der Waals surface area contributed by atoms with E-state index in [2.05, 4.69) is 54.1 Å². The van der Waals surface area contributed by atoms with Crippen LogP contribution in [0.1, 0.15) is 29.6 Å². The average Bonchev–Trinajstić information content (AvgIpc) is 2.86. The molecular formula is C18H22N4. The van der Waals surface area contributed by atoms with Gasteiger partial charge in [-0.25, -0.2) is 9.97 Å². The van der Waals surface area contributed by atoms with E-state index in [0.717, 1.165) is 41.3 Å². The van der Waals surface area contributed by atoms with Crippen molar-refractivity contribution in [3.63, 3.8) is 0 Å². The predicted octanol–water partition coefficient (Wildman–Crippen LogP) is 3.70. The monoisotopic (exact) mass is 294 g/mol. The fraction of sp³-hybridized carbons (Fsp3) is 0.333. The molecule has 0 atom stereocenters. The van der Waals surface area contributed by atoms with E-state index in [9.17, 15) is 0 Å². The third kappa shape index (κ3) is 2.56. The van der Waals surface area contributed by atoms with Gasteiger partial charge in [-0.1, -0.05) is 19.1 Å². The predicted molar refractivity (Wildman–Crippen MR) is 91.5 cm³/mol. The van der Waals surface area contributed by atoms with E-state index in [1.165, 1.54) is 11.1 Å². The summed E-state index contributed by atoms with van der Waals surface area (Å²) in [5.74, 6) is 1.09. The first-order valence-electron chi connectivity index (χ1n) is 7.72. The van der Waals surface area contributed by atoms with Crippen LogP contribution in [0, 0.1) is 13.8 Å². The summed E-state index contributed by atoms with van der Waals surface area (Å²) in [5, 5.41) is 3.15. The minimum absolute atomic E-state index is 0.805. The highest BCUT2D eigenvalue weighted by molar-refractivity contribution is 5.76. The summed E-state index contributed by atoms with van der Waals surface area (Å²) in [7, 11) is 1.93. The maximum absolute atomic E-state index is 4.79. The number of aryl methyl sites for hydroxylation is 3. The molecule has 0 unspecified atom stereocenters. The number of benzene rings is 1. The molecule has 0 radical (unpaired) electrons. The second kappa shape index (κ2) is 5.79. The van der Waals surface area contributed by atoms with Gasteiger partial charge in [0.1, 0.15) is 11.3 Å². The van der Waals surface area contributed by atoms with E-state index in [-0.39, 0.29) is 0 Å². The Kier molecular flexibility index (Phi) is 3.84. The van der Waals surface area contributed by atoms with Gasteiger partial charge in [0, 0.05) is 24.8 Å². The molecule has 0 fully saturated rings. The number of hydrogen-bond acceptors (Lipinski definition) is 3. The maximum Gasteiger partial charge on any atom is 0.160 e. The Morgan fingerprint density at radius 1 is 1.09 bits per heavy atom. The molecule has 0 saturated carbocycles. The molecule has 2 heterocycles. The van der Waals surface area contributed by atoms with Crippen molar-refractivity contribution in [1.82, 2.24) is 14.5 Å². The lowest BCUT2D eigenvalue weighted by Gasteiger charge is -2.09. The molecule has 4 heteroatoms. The smallest absolute Gasteiger partial charge is 0.160 e.